The zero-order valence-electron chi connectivity index (χ0n) is 17.1. The lowest BCUT2D eigenvalue weighted by Gasteiger charge is -2.36. The number of sulfonamides is 1. The molecule has 1 aromatic heterocycles. The number of benzene rings is 2. The lowest BCUT2D eigenvalue weighted by molar-refractivity contribution is 0.0620. The van der Waals surface area contributed by atoms with E-state index in [0.717, 1.165) is 43.1 Å². The molecule has 166 valence electrons. The molecule has 0 amide bonds. The Bertz CT molecular complexity index is 1200. The van der Waals surface area contributed by atoms with E-state index >= 15 is 0 Å². The third kappa shape index (κ3) is 4.79. The number of hydrogen-bond donors (Lipinski definition) is 1. The standard InChI is InChI=1S/C21H23ClFN3O3S2/c1-26(2)17-8-3-4-9-18(17)29-13-10-11-19(15(23)12-13)31(27,28)25-21-24-16-7-5-6-14(22)20(16)30-21/h5-7,10-12,17-18H,3-4,8-9H2,1-2H3,(H,24,25)/t17-,18-/m0/s1. The van der Waals surface area contributed by atoms with Gasteiger partial charge in [-0.3, -0.25) is 4.72 Å². The SMILES string of the molecule is CN(C)[C@H]1CCCC[C@@H]1Oc1ccc(S(=O)(=O)Nc2nc3cccc(Cl)c3s2)c(F)c1. The highest BCUT2D eigenvalue weighted by Crippen LogP contribution is 2.33. The minimum absolute atomic E-state index is 0.0590. The van der Waals surface area contributed by atoms with Gasteiger partial charge in [0.25, 0.3) is 10.0 Å². The van der Waals surface area contributed by atoms with E-state index in [1.807, 2.05) is 14.1 Å². The van der Waals surface area contributed by atoms with Crippen molar-refractivity contribution in [3.63, 3.8) is 0 Å². The second kappa shape index (κ2) is 8.90. The summed E-state index contributed by atoms with van der Waals surface area (Å²) in [4.78, 5) is 5.88. The summed E-state index contributed by atoms with van der Waals surface area (Å²) in [6, 6.07) is 9.25. The first kappa shape index (κ1) is 22.3. The van der Waals surface area contributed by atoms with Crippen molar-refractivity contribution in [3.05, 3.63) is 47.2 Å². The van der Waals surface area contributed by atoms with Gasteiger partial charge in [0.1, 0.15) is 22.6 Å². The molecule has 0 bridgehead atoms. The molecule has 1 saturated carbocycles. The van der Waals surface area contributed by atoms with Crippen molar-refractivity contribution < 1.29 is 17.5 Å². The van der Waals surface area contributed by atoms with Gasteiger partial charge in [0.2, 0.25) is 0 Å². The van der Waals surface area contributed by atoms with Crippen LogP contribution in [-0.2, 0) is 10.0 Å². The normalized spacial score (nSPS) is 19.6. The van der Waals surface area contributed by atoms with Gasteiger partial charge in [0.15, 0.2) is 5.13 Å². The number of thiazole rings is 1. The smallest absolute Gasteiger partial charge is 0.266 e. The number of hydrogen-bond acceptors (Lipinski definition) is 6. The Morgan fingerprint density at radius 1 is 1.23 bits per heavy atom. The van der Waals surface area contributed by atoms with Crippen molar-refractivity contribution in [3.8, 4) is 5.75 Å². The maximum Gasteiger partial charge on any atom is 0.266 e. The predicted octanol–water partition coefficient (Wildman–Crippen LogP) is 5.14. The average molecular weight is 484 g/mol. The van der Waals surface area contributed by atoms with Gasteiger partial charge in [-0.15, -0.1) is 0 Å². The van der Waals surface area contributed by atoms with Crippen molar-refractivity contribution >= 4 is 48.3 Å². The lowest BCUT2D eigenvalue weighted by atomic mass is 9.91. The van der Waals surface area contributed by atoms with E-state index in [9.17, 15) is 12.8 Å². The summed E-state index contributed by atoms with van der Waals surface area (Å²) in [5.74, 6) is -0.552. The van der Waals surface area contributed by atoms with Gasteiger partial charge in [-0.1, -0.05) is 35.4 Å². The molecule has 31 heavy (non-hydrogen) atoms. The van der Waals surface area contributed by atoms with Crippen LogP contribution in [0.3, 0.4) is 0 Å². The van der Waals surface area contributed by atoms with Crippen molar-refractivity contribution in [2.75, 3.05) is 18.8 Å². The van der Waals surface area contributed by atoms with Gasteiger partial charge in [-0.25, -0.2) is 17.8 Å². The number of likely N-dealkylation sites (N-methyl/N-ethyl adjacent to an activating group) is 1. The first-order valence-corrected chi connectivity index (χ1v) is 12.6. The fourth-order valence-corrected chi connectivity index (χ4v) is 6.33. The number of aromatic nitrogens is 1. The van der Waals surface area contributed by atoms with Crippen LogP contribution in [0.5, 0.6) is 5.75 Å². The van der Waals surface area contributed by atoms with E-state index in [0.29, 0.717) is 21.0 Å². The van der Waals surface area contributed by atoms with Crippen molar-refractivity contribution in [2.24, 2.45) is 0 Å². The van der Waals surface area contributed by atoms with Crippen LogP contribution in [-0.4, -0.2) is 44.5 Å². The summed E-state index contributed by atoms with van der Waals surface area (Å²) in [6.07, 6.45) is 4.03. The predicted molar refractivity (Wildman–Crippen MR) is 122 cm³/mol. The zero-order valence-corrected chi connectivity index (χ0v) is 19.5. The lowest BCUT2D eigenvalue weighted by Crippen LogP contribution is -2.44. The Hall–Kier alpha value is -1.94. The molecular weight excluding hydrogens is 461 g/mol. The number of anilines is 1. The number of nitrogens with one attached hydrogen (secondary N) is 1. The molecule has 0 aliphatic heterocycles. The number of halogens is 2. The average Bonchev–Trinajstić information content (AvgIpc) is 3.11. The monoisotopic (exact) mass is 483 g/mol. The molecule has 10 heteroatoms. The van der Waals surface area contributed by atoms with E-state index in [-0.39, 0.29) is 17.3 Å². The minimum atomic E-state index is -4.16. The summed E-state index contributed by atoms with van der Waals surface area (Å²) >= 11 is 7.22. The highest BCUT2D eigenvalue weighted by Gasteiger charge is 2.29. The highest BCUT2D eigenvalue weighted by molar-refractivity contribution is 7.93. The summed E-state index contributed by atoms with van der Waals surface area (Å²) < 4.78 is 49.3. The fourth-order valence-electron chi connectivity index (χ4n) is 3.88. The second-order valence-electron chi connectivity index (χ2n) is 7.78. The number of fused-ring (bicyclic) bond motifs is 1. The molecule has 1 N–H and O–H groups in total. The zero-order chi connectivity index (χ0) is 22.2. The van der Waals surface area contributed by atoms with Crippen LogP contribution in [0.2, 0.25) is 5.02 Å². The quantitative estimate of drug-likeness (QED) is 0.525. The van der Waals surface area contributed by atoms with Crippen LogP contribution in [0, 0.1) is 5.82 Å². The highest BCUT2D eigenvalue weighted by atomic mass is 35.5. The van der Waals surface area contributed by atoms with Gasteiger partial charge in [-0.2, -0.15) is 0 Å². The summed E-state index contributed by atoms with van der Waals surface area (Å²) in [5, 5.41) is 0.603. The largest absolute Gasteiger partial charge is 0.489 e. The maximum atomic E-state index is 14.8. The van der Waals surface area contributed by atoms with Crippen LogP contribution < -0.4 is 9.46 Å². The van der Waals surface area contributed by atoms with Crippen molar-refractivity contribution in [2.45, 2.75) is 42.7 Å². The molecule has 1 heterocycles. The van der Waals surface area contributed by atoms with E-state index < -0.39 is 20.7 Å². The molecule has 1 aliphatic carbocycles. The third-order valence-electron chi connectivity index (χ3n) is 5.40. The minimum Gasteiger partial charge on any atom is -0.489 e. The molecule has 0 saturated heterocycles. The van der Waals surface area contributed by atoms with Gasteiger partial charge in [0, 0.05) is 12.1 Å². The molecule has 3 aromatic rings. The molecule has 1 aliphatic rings. The first-order chi connectivity index (χ1) is 14.7. The molecule has 6 nitrogen and oxygen atoms in total. The molecule has 4 rings (SSSR count). The molecular formula is C21H23ClFN3O3S2. The Labute approximate surface area is 190 Å². The topological polar surface area (TPSA) is 71.5 Å². The third-order valence-corrected chi connectivity index (χ3v) is 8.35. The van der Waals surface area contributed by atoms with E-state index in [1.54, 1.807) is 18.2 Å². The maximum absolute atomic E-state index is 14.8. The molecule has 2 atom stereocenters. The Kier molecular flexibility index (Phi) is 6.39. The van der Waals surface area contributed by atoms with Crippen LogP contribution in [0.15, 0.2) is 41.3 Å². The van der Waals surface area contributed by atoms with Gasteiger partial charge >= 0.3 is 0 Å². The van der Waals surface area contributed by atoms with E-state index in [2.05, 4.69) is 14.6 Å². The van der Waals surface area contributed by atoms with Crippen LogP contribution in [0.4, 0.5) is 9.52 Å². The van der Waals surface area contributed by atoms with E-state index in [4.69, 9.17) is 16.3 Å². The number of rotatable bonds is 6. The molecule has 0 spiro atoms. The molecule has 0 unspecified atom stereocenters. The van der Waals surface area contributed by atoms with E-state index in [1.165, 1.54) is 12.1 Å². The summed E-state index contributed by atoms with van der Waals surface area (Å²) in [5.41, 5.74) is 0.572. The molecule has 2 aromatic carbocycles. The molecule has 1 fully saturated rings. The van der Waals surface area contributed by atoms with Gasteiger partial charge in [-0.05, 0) is 57.6 Å². The Morgan fingerprint density at radius 2 is 2.00 bits per heavy atom. The van der Waals surface area contributed by atoms with Crippen LogP contribution >= 0.6 is 22.9 Å². The number of nitrogens with zero attached hydrogens (tertiary/aromatic N) is 2. The first-order valence-electron chi connectivity index (χ1n) is 9.95. The molecule has 0 radical (unpaired) electrons. The van der Waals surface area contributed by atoms with Crippen LogP contribution in [0.25, 0.3) is 10.2 Å². The fraction of sp³-hybridized carbons (Fsp3) is 0.381. The second-order valence-corrected chi connectivity index (χ2v) is 10.8. The van der Waals surface area contributed by atoms with Crippen molar-refractivity contribution in [1.82, 2.24) is 9.88 Å². The Morgan fingerprint density at radius 3 is 2.71 bits per heavy atom. The van der Waals surface area contributed by atoms with Crippen LogP contribution in [0.1, 0.15) is 25.7 Å². The van der Waals surface area contributed by atoms with Gasteiger partial charge in [0.05, 0.1) is 15.2 Å². The van der Waals surface area contributed by atoms with Crippen molar-refractivity contribution in [1.29, 1.82) is 0 Å². The Balaban J connectivity index is 1.54. The van der Waals surface area contributed by atoms with Gasteiger partial charge < -0.3 is 9.64 Å². The number of ether oxygens (including phenoxy) is 1. The summed E-state index contributed by atoms with van der Waals surface area (Å²) in [7, 11) is -0.156. The summed E-state index contributed by atoms with van der Waals surface area (Å²) in [6.45, 7) is 0.